The van der Waals surface area contributed by atoms with Gasteiger partial charge in [-0.1, -0.05) is 0 Å². The van der Waals surface area contributed by atoms with Gasteiger partial charge in [0.05, 0.1) is 12.5 Å². The number of carbonyl (C=O) groups excluding carboxylic acids is 2. The SMILES string of the molecule is NC(=O)CC(N)C(=O)Nc1ccnc(Cl)n1. The minimum absolute atomic E-state index is 0.00118. The van der Waals surface area contributed by atoms with Gasteiger partial charge in [0.1, 0.15) is 5.82 Å². The van der Waals surface area contributed by atoms with Crippen molar-refractivity contribution >= 4 is 29.2 Å². The maximum Gasteiger partial charge on any atom is 0.242 e. The van der Waals surface area contributed by atoms with Crippen LogP contribution in [-0.2, 0) is 9.59 Å². The van der Waals surface area contributed by atoms with Gasteiger partial charge in [-0.05, 0) is 17.7 Å². The average molecular weight is 244 g/mol. The second kappa shape index (κ2) is 5.38. The number of anilines is 1. The Balaban J connectivity index is 2.60. The number of nitrogens with two attached hydrogens (primary N) is 2. The van der Waals surface area contributed by atoms with E-state index in [1.54, 1.807) is 0 Å². The predicted molar refractivity (Wildman–Crippen MR) is 57.5 cm³/mol. The van der Waals surface area contributed by atoms with Crippen molar-refractivity contribution in [3.63, 3.8) is 0 Å². The molecule has 0 aliphatic rings. The predicted octanol–water partition coefficient (Wildman–Crippen LogP) is -0.729. The molecule has 1 aromatic heterocycles. The normalized spacial score (nSPS) is 11.9. The highest BCUT2D eigenvalue weighted by Gasteiger charge is 2.16. The van der Waals surface area contributed by atoms with Gasteiger partial charge in [-0.15, -0.1) is 0 Å². The summed E-state index contributed by atoms with van der Waals surface area (Å²) in [5.41, 5.74) is 10.3. The number of halogens is 1. The molecule has 0 radical (unpaired) electrons. The fourth-order valence-electron chi connectivity index (χ4n) is 0.933. The number of rotatable bonds is 4. The van der Waals surface area contributed by atoms with E-state index < -0.39 is 17.9 Å². The van der Waals surface area contributed by atoms with Crippen LogP contribution in [0.2, 0.25) is 5.28 Å². The van der Waals surface area contributed by atoms with Crippen LogP contribution in [0, 0.1) is 0 Å². The van der Waals surface area contributed by atoms with Crippen LogP contribution in [0.5, 0.6) is 0 Å². The van der Waals surface area contributed by atoms with Crippen molar-refractivity contribution in [3.05, 3.63) is 17.5 Å². The standard InChI is InChI=1S/C8H10ClN5O2/c9-8-12-2-1-6(14-8)13-7(16)4(10)3-5(11)15/h1-2,4H,3,10H2,(H2,11,15)(H,12,13,14,16). The summed E-state index contributed by atoms with van der Waals surface area (Å²) in [5.74, 6) is -0.998. The van der Waals surface area contributed by atoms with Crippen LogP contribution in [0.4, 0.5) is 5.82 Å². The number of aromatic nitrogens is 2. The molecule has 86 valence electrons. The third kappa shape index (κ3) is 3.79. The van der Waals surface area contributed by atoms with Gasteiger partial charge >= 0.3 is 0 Å². The zero-order valence-electron chi connectivity index (χ0n) is 8.18. The van der Waals surface area contributed by atoms with Gasteiger partial charge in [0, 0.05) is 6.20 Å². The van der Waals surface area contributed by atoms with Gasteiger partial charge in [0.25, 0.3) is 0 Å². The van der Waals surface area contributed by atoms with Crippen molar-refractivity contribution in [2.75, 3.05) is 5.32 Å². The maximum absolute atomic E-state index is 11.4. The summed E-state index contributed by atoms with van der Waals surface area (Å²) in [5, 5.41) is 2.38. The van der Waals surface area contributed by atoms with Gasteiger partial charge in [-0.2, -0.15) is 0 Å². The largest absolute Gasteiger partial charge is 0.370 e. The lowest BCUT2D eigenvalue weighted by atomic mass is 10.2. The lowest BCUT2D eigenvalue weighted by molar-refractivity contribution is -0.123. The van der Waals surface area contributed by atoms with Crippen LogP contribution >= 0.6 is 11.6 Å². The molecular weight excluding hydrogens is 234 g/mol. The quantitative estimate of drug-likeness (QED) is 0.602. The minimum atomic E-state index is -1.01. The molecule has 0 aromatic carbocycles. The lowest BCUT2D eigenvalue weighted by Gasteiger charge is -2.09. The molecular formula is C8H10ClN5O2. The van der Waals surface area contributed by atoms with Crippen LogP contribution in [-0.4, -0.2) is 27.8 Å². The van der Waals surface area contributed by atoms with E-state index in [1.165, 1.54) is 12.3 Å². The fourth-order valence-corrected chi connectivity index (χ4v) is 1.08. The van der Waals surface area contributed by atoms with E-state index >= 15 is 0 Å². The number of amides is 2. The van der Waals surface area contributed by atoms with Gasteiger partial charge < -0.3 is 16.8 Å². The number of hydrogen-bond acceptors (Lipinski definition) is 5. The zero-order chi connectivity index (χ0) is 12.1. The first kappa shape index (κ1) is 12.3. The second-order valence-corrected chi connectivity index (χ2v) is 3.32. The van der Waals surface area contributed by atoms with Gasteiger partial charge in [-0.25, -0.2) is 9.97 Å². The lowest BCUT2D eigenvalue weighted by Crippen LogP contribution is -2.39. The zero-order valence-corrected chi connectivity index (χ0v) is 8.94. The molecule has 0 saturated carbocycles. The second-order valence-electron chi connectivity index (χ2n) is 2.98. The molecule has 1 rings (SSSR count). The molecule has 8 heteroatoms. The average Bonchev–Trinajstić information content (AvgIpc) is 2.16. The van der Waals surface area contributed by atoms with Crippen LogP contribution in [0.3, 0.4) is 0 Å². The Morgan fingerprint density at radius 1 is 1.56 bits per heavy atom. The molecule has 7 nitrogen and oxygen atoms in total. The molecule has 0 spiro atoms. The summed E-state index contributed by atoms with van der Waals surface area (Å²) >= 11 is 5.51. The van der Waals surface area contributed by atoms with Crippen molar-refractivity contribution < 1.29 is 9.59 Å². The third-order valence-electron chi connectivity index (χ3n) is 1.64. The summed E-state index contributed by atoms with van der Waals surface area (Å²) in [6.07, 6.45) is 1.15. The fraction of sp³-hybridized carbons (Fsp3) is 0.250. The van der Waals surface area contributed by atoms with Crippen LogP contribution in [0.1, 0.15) is 6.42 Å². The van der Waals surface area contributed by atoms with E-state index in [0.717, 1.165) is 0 Å². The van der Waals surface area contributed by atoms with Gasteiger partial charge in [0.2, 0.25) is 17.1 Å². The Bertz CT molecular complexity index is 411. The Morgan fingerprint density at radius 2 is 2.25 bits per heavy atom. The Hall–Kier alpha value is -1.73. The number of carbonyl (C=O) groups is 2. The highest BCUT2D eigenvalue weighted by Crippen LogP contribution is 2.06. The molecule has 16 heavy (non-hydrogen) atoms. The maximum atomic E-state index is 11.4. The van der Waals surface area contributed by atoms with Gasteiger partial charge in [-0.3, -0.25) is 9.59 Å². The van der Waals surface area contributed by atoms with Crippen molar-refractivity contribution in [1.82, 2.24) is 9.97 Å². The molecule has 1 heterocycles. The Labute approximate surface area is 96.2 Å². The number of primary amides is 1. The highest BCUT2D eigenvalue weighted by atomic mass is 35.5. The van der Waals surface area contributed by atoms with E-state index in [0.29, 0.717) is 0 Å². The molecule has 2 amide bonds. The van der Waals surface area contributed by atoms with Crippen molar-refractivity contribution in [2.24, 2.45) is 11.5 Å². The summed E-state index contributed by atoms with van der Waals surface area (Å²) in [7, 11) is 0. The molecule has 1 unspecified atom stereocenters. The third-order valence-corrected chi connectivity index (χ3v) is 1.82. The first-order chi connectivity index (χ1) is 7.49. The molecule has 0 bridgehead atoms. The minimum Gasteiger partial charge on any atom is -0.370 e. The smallest absolute Gasteiger partial charge is 0.242 e. The molecule has 5 N–H and O–H groups in total. The van der Waals surface area contributed by atoms with Crippen LogP contribution in [0.25, 0.3) is 0 Å². The topological polar surface area (TPSA) is 124 Å². The van der Waals surface area contributed by atoms with Gasteiger partial charge in [0.15, 0.2) is 0 Å². The Kier molecular flexibility index (Phi) is 4.15. The number of nitrogens with one attached hydrogen (secondary N) is 1. The van der Waals surface area contributed by atoms with Crippen molar-refractivity contribution in [1.29, 1.82) is 0 Å². The summed E-state index contributed by atoms with van der Waals surface area (Å²) in [4.78, 5) is 29.3. The first-order valence-electron chi connectivity index (χ1n) is 4.32. The molecule has 0 aliphatic carbocycles. The van der Waals surface area contributed by atoms with Crippen molar-refractivity contribution in [2.45, 2.75) is 12.5 Å². The van der Waals surface area contributed by atoms with E-state index in [1.807, 2.05) is 0 Å². The van der Waals surface area contributed by atoms with Crippen molar-refractivity contribution in [3.8, 4) is 0 Å². The van der Waals surface area contributed by atoms with Crippen LogP contribution < -0.4 is 16.8 Å². The monoisotopic (exact) mass is 243 g/mol. The molecule has 1 aromatic rings. The molecule has 1 atom stereocenters. The highest BCUT2D eigenvalue weighted by molar-refractivity contribution is 6.28. The van der Waals surface area contributed by atoms with E-state index in [2.05, 4.69) is 15.3 Å². The molecule has 0 fully saturated rings. The molecule has 0 saturated heterocycles. The van der Waals surface area contributed by atoms with E-state index in [9.17, 15) is 9.59 Å². The summed E-state index contributed by atoms with van der Waals surface area (Å²) < 4.78 is 0. The van der Waals surface area contributed by atoms with E-state index in [4.69, 9.17) is 23.1 Å². The summed E-state index contributed by atoms with van der Waals surface area (Å²) in [6, 6.07) is 0.437. The molecule has 0 aliphatic heterocycles. The number of hydrogen-bond donors (Lipinski definition) is 3. The first-order valence-corrected chi connectivity index (χ1v) is 4.70. The summed E-state index contributed by atoms with van der Waals surface area (Å²) in [6.45, 7) is 0. The van der Waals surface area contributed by atoms with E-state index in [-0.39, 0.29) is 17.5 Å². The number of nitrogens with zero attached hydrogens (tertiary/aromatic N) is 2. The van der Waals surface area contributed by atoms with Crippen LogP contribution in [0.15, 0.2) is 12.3 Å². The Morgan fingerprint density at radius 3 is 2.81 bits per heavy atom.